The number of aliphatic hydroxyl groups excluding tert-OH is 1. The summed E-state index contributed by atoms with van der Waals surface area (Å²) in [5.74, 6) is -2.19. The van der Waals surface area contributed by atoms with Gasteiger partial charge in [-0.1, -0.05) is 300 Å². The molecule has 19 heteroatoms. The number of carbonyl (C=O) groups is 4. The summed E-state index contributed by atoms with van der Waals surface area (Å²) in [6.07, 6.45) is 71.7. The zero-order chi connectivity index (χ0) is 71.8. The van der Waals surface area contributed by atoms with Gasteiger partial charge < -0.3 is 33.8 Å². The first-order valence-corrected chi connectivity index (χ1v) is 42.2. The lowest BCUT2D eigenvalue weighted by Gasteiger charge is -2.21. The third kappa shape index (κ3) is 70.9. The van der Waals surface area contributed by atoms with E-state index in [1.54, 1.807) is 0 Å². The normalized spacial score (nSPS) is 14.3. The molecule has 0 aromatic rings. The van der Waals surface area contributed by atoms with Crippen molar-refractivity contribution in [2.45, 2.75) is 367 Å². The smallest absolute Gasteiger partial charge is 0.462 e. The predicted octanol–water partition coefficient (Wildman–Crippen LogP) is 22.4. The molecule has 0 amide bonds. The van der Waals surface area contributed by atoms with Crippen LogP contribution in [0.1, 0.15) is 349 Å². The van der Waals surface area contributed by atoms with E-state index in [-0.39, 0.29) is 25.7 Å². The molecule has 17 nitrogen and oxygen atoms in total. The molecule has 0 aliphatic heterocycles. The first-order chi connectivity index (χ1) is 47.7. The molecule has 0 heterocycles. The third-order valence-corrected chi connectivity index (χ3v) is 18.6. The van der Waals surface area contributed by atoms with E-state index in [4.69, 9.17) is 37.0 Å². The van der Waals surface area contributed by atoms with Crippen molar-refractivity contribution in [1.82, 2.24) is 0 Å². The van der Waals surface area contributed by atoms with Gasteiger partial charge in [-0.05, 0) is 96.3 Å². The minimum Gasteiger partial charge on any atom is -0.462 e. The summed E-state index contributed by atoms with van der Waals surface area (Å²) in [5, 5.41) is 10.6. The van der Waals surface area contributed by atoms with Gasteiger partial charge in [-0.3, -0.25) is 37.3 Å². The van der Waals surface area contributed by atoms with Crippen molar-refractivity contribution in [3.05, 3.63) is 72.9 Å². The second-order valence-electron chi connectivity index (χ2n) is 26.3. The van der Waals surface area contributed by atoms with E-state index in [0.717, 1.165) is 141 Å². The summed E-state index contributed by atoms with van der Waals surface area (Å²) in [5.41, 5.74) is 0. The quantitative estimate of drug-likeness (QED) is 0.0169. The molecule has 0 aliphatic carbocycles. The van der Waals surface area contributed by atoms with Crippen LogP contribution in [0.3, 0.4) is 0 Å². The summed E-state index contributed by atoms with van der Waals surface area (Å²) in [4.78, 5) is 72.9. The number of phosphoric acid groups is 2. The van der Waals surface area contributed by atoms with E-state index >= 15 is 0 Å². The fourth-order valence-electron chi connectivity index (χ4n) is 10.7. The van der Waals surface area contributed by atoms with Crippen LogP contribution < -0.4 is 0 Å². The molecule has 570 valence electrons. The van der Waals surface area contributed by atoms with Crippen LogP contribution in [0.15, 0.2) is 72.9 Å². The van der Waals surface area contributed by atoms with Gasteiger partial charge in [-0.15, -0.1) is 0 Å². The monoisotopic (exact) mass is 1420 g/mol. The number of rotatable bonds is 74. The Bertz CT molecular complexity index is 2140. The summed E-state index contributed by atoms with van der Waals surface area (Å²) in [6.45, 7) is 4.74. The lowest BCUT2D eigenvalue weighted by molar-refractivity contribution is -0.161. The van der Waals surface area contributed by atoms with Crippen LogP contribution in [-0.2, 0) is 65.4 Å². The van der Waals surface area contributed by atoms with Gasteiger partial charge in [-0.2, -0.15) is 0 Å². The second kappa shape index (κ2) is 71.9. The highest BCUT2D eigenvalue weighted by atomic mass is 31.2. The number of hydrogen-bond donors (Lipinski definition) is 3. The molecule has 3 N–H and O–H groups in total. The maximum atomic E-state index is 13.1. The number of aliphatic hydroxyl groups is 1. The van der Waals surface area contributed by atoms with E-state index in [9.17, 15) is 43.2 Å². The van der Waals surface area contributed by atoms with Crippen molar-refractivity contribution >= 4 is 39.5 Å². The van der Waals surface area contributed by atoms with Crippen molar-refractivity contribution in [2.24, 2.45) is 0 Å². The predicted molar refractivity (Wildman–Crippen MR) is 400 cm³/mol. The van der Waals surface area contributed by atoms with E-state index in [1.807, 2.05) is 0 Å². The molecular weight excluding hydrogens is 1280 g/mol. The molecular formula is C79H142O17P2. The van der Waals surface area contributed by atoms with Crippen LogP contribution in [-0.4, -0.2) is 96.7 Å². The Hall–Kier alpha value is -3.50. The molecule has 0 saturated heterocycles. The molecule has 5 atom stereocenters. The number of carbonyl (C=O) groups excluding carboxylic acids is 4. The van der Waals surface area contributed by atoms with Gasteiger partial charge in [0.1, 0.15) is 19.3 Å². The van der Waals surface area contributed by atoms with Crippen LogP contribution in [0.25, 0.3) is 0 Å². The Morgan fingerprint density at radius 3 is 0.837 bits per heavy atom. The Labute approximate surface area is 596 Å². The standard InChI is InChI=1S/C79H142O17P2/c1-5-9-13-17-21-25-29-32-35-36-39-41-45-48-52-56-60-64-77(82)90-70-75(96-79(84)66-62-58-54-50-46-42-38-34-31-27-23-19-15-11-7-3)72-94-98(87,88)92-68-73(80)67-91-97(85,86)93-71-74(95-78(83)65-61-57-53-49-43-28-24-20-16-12-8-4)69-89-76(81)63-59-55-51-47-44-40-37-33-30-26-22-18-14-10-6-2/h9,13,21,23,25,27,32,34-35,38-39,41,73-75,80H,5-8,10-12,14-20,22,24,26,28-31,33,36-37,40,42-72H2,1-4H3,(H,85,86)(H,87,88)/b13-9-,25-21-,27-23-,35-32-,38-34-,41-39-. The molecule has 0 fully saturated rings. The van der Waals surface area contributed by atoms with Crippen molar-refractivity contribution < 1.29 is 80.2 Å². The Kier molecular flexibility index (Phi) is 69.3. The van der Waals surface area contributed by atoms with Crippen molar-refractivity contribution in [3.63, 3.8) is 0 Å². The van der Waals surface area contributed by atoms with Gasteiger partial charge in [0.2, 0.25) is 0 Å². The number of allylic oxidation sites excluding steroid dienone is 12. The van der Waals surface area contributed by atoms with E-state index < -0.39 is 97.5 Å². The number of phosphoric ester groups is 2. The number of esters is 4. The maximum Gasteiger partial charge on any atom is 0.472 e. The Balaban J connectivity index is 5.33. The van der Waals surface area contributed by atoms with Gasteiger partial charge in [0, 0.05) is 25.7 Å². The fraction of sp³-hybridized carbons (Fsp3) is 0.797. The Morgan fingerprint density at radius 1 is 0.296 bits per heavy atom. The third-order valence-electron chi connectivity index (χ3n) is 16.7. The SMILES string of the molecule is CC/C=C\C/C=C\C/C=C\C/C=C\CCCCCCC(=O)OCC(COP(=O)(O)OCC(O)COP(=O)(O)OCC(COC(=O)CCCCCCCCCCCCCCCCC)OC(=O)CCCCCCCCCCCCC)OC(=O)CCCCCCC/C=C\C/C=C\CCCCC. The first-order valence-electron chi connectivity index (χ1n) is 39.2. The van der Waals surface area contributed by atoms with E-state index in [2.05, 4.69) is 101 Å². The number of ether oxygens (including phenoxy) is 4. The molecule has 0 aliphatic rings. The molecule has 98 heavy (non-hydrogen) atoms. The summed E-state index contributed by atoms with van der Waals surface area (Å²) < 4.78 is 68.5. The molecule has 0 aromatic heterocycles. The molecule has 0 bridgehead atoms. The Morgan fingerprint density at radius 2 is 0.531 bits per heavy atom. The van der Waals surface area contributed by atoms with Crippen molar-refractivity contribution in [1.29, 1.82) is 0 Å². The van der Waals surface area contributed by atoms with Gasteiger partial charge >= 0.3 is 39.5 Å². The summed E-state index contributed by atoms with van der Waals surface area (Å²) in [7, 11) is -9.94. The summed E-state index contributed by atoms with van der Waals surface area (Å²) >= 11 is 0. The van der Waals surface area contributed by atoms with Crippen LogP contribution in [0.5, 0.6) is 0 Å². The number of hydrogen-bond acceptors (Lipinski definition) is 15. The largest absolute Gasteiger partial charge is 0.472 e. The van der Waals surface area contributed by atoms with Crippen LogP contribution >= 0.6 is 15.6 Å². The number of unbranched alkanes of at least 4 members (excludes halogenated alkanes) is 36. The van der Waals surface area contributed by atoms with Crippen LogP contribution in [0, 0.1) is 0 Å². The molecule has 0 saturated carbocycles. The zero-order valence-corrected chi connectivity index (χ0v) is 64.0. The van der Waals surface area contributed by atoms with Gasteiger partial charge in [0.25, 0.3) is 0 Å². The highest BCUT2D eigenvalue weighted by molar-refractivity contribution is 7.47. The molecule has 0 aromatic carbocycles. The highest BCUT2D eigenvalue weighted by Gasteiger charge is 2.30. The average Bonchev–Trinajstić information content (AvgIpc) is 0.986. The molecule has 0 radical (unpaired) electrons. The van der Waals surface area contributed by atoms with Crippen LogP contribution in [0.2, 0.25) is 0 Å². The fourth-order valence-corrected chi connectivity index (χ4v) is 12.3. The topological polar surface area (TPSA) is 237 Å². The van der Waals surface area contributed by atoms with Crippen molar-refractivity contribution in [2.75, 3.05) is 39.6 Å². The maximum absolute atomic E-state index is 13.1. The molecule has 5 unspecified atom stereocenters. The van der Waals surface area contributed by atoms with E-state index in [0.29, 0.717) is 25.7 Å². The van der Waals surface area contributed by atoms with E-state index in [1.165, 1.54) is 128 Å². The summed E-state index contributed by atoms with van der Waals surface area (Å²) in [6, 6.07) is 0. The highest BCUT2D eigenvalue weighted by Crippen LogP contribution is 2.45. The van der Waals surface area contributed by atoms with Gasteiger partial charge in [0.05, 0.1) is 26.4 Å². The lowest BCUT2D eigenvalue weighted by Crippen LogP contribution is -2.30. The van der Waals surface area contributed by atoms with Crippen molar-refractivity contribution in [3.8, 4) is 0 Å². The minimum absolute atomic E-state index is 0.0755. The molecule has 0 rings (SSSR count). The van der Waals surface area contributed by atoms with Gasteiger partial charge in [-0.25, -0.2) is 9.13 Å². The van der Waals surface area contributed by atoms with Gasteiger partial charge in [0.15, 0.2) is 12.2 Å². The lowest BCUT2D eigenvalue weighted by atomic mass is 10.0. The average molecular weight is 1430 g/mol. The first kappa shape index (κ1) is 94.5. The minimum atomic E-state index is -4.98. The van der Waals surface area contributed by atoms with Crippen LogP contribution in [0.4, 0.5) is 0 Å². The molecule has 0 spiro atoms. The zero-order valence-electron chi connectivity index (χ0n) is 62.2. The second-order valence-corrected chi connectivity index (χ2v) is 29.2.